The molecule has 0 atom stereocenters. The quantitative estimate of drug-likeness (QED) is 0.336. The maximum absolute atomic E-state index is 12.3. The molecule has 0 aliphatic carbocycles. The van der Waals surface area contributed by atoms with E-state index in [1.165, 1.54) is 24.5 Å². The van der Waals surface area contributed by atoms with Gasteiger partial charge in [-0.05, 0) is 35.2 Å². The lowest BCUT2D eigenvalue weighted by Gasteiger charge is -2.15. The predicted molar refractivity (Wildman–Crippen MR) is 100 cm³/mol. The number of allylic oxidation sites excluding steroid dienone is 1. The van der Waals surface area contributed by atoms with Crippen molar-refractivity contribution in [3.8, 4) is 17.6 Å². The first kappa shape index (κ1) is 19.4. The number of rotatable bonds is 5. The van der Waals surface area contributed by atoms with E-state index in [9.17, 15) is 14.9 Å². The van der Waals surface area contributed by atoms with Gasteiger partial charge in [0.2, 0.25) is 0 Å². The van der Waals surface area contributed by atoms with Crippen LogP contribution in [0.3, 0.4) is 0 Å². The van der Waals surface area contributed by atoms with Crippen LogP contribution in [0, 0.1) is 16.7 Å². The number of hydrogen-bond acceptors (Lipinski definition) is 6. The zero-order valence-corrected chi connectivity index (χ0v) is 15.8. The number of ether oxygens (including phenoxy) is 2. The number of thiophene rings is 1. The van der Waals surface area contributed by atoms with Crippen LogP contribution < -0.4 is 9.47 Å². The Morgan fingerprint density at radius 2 is 1.92 bits per heavy atom. The van der Waals surface area contributed by atoms with Gasteiger partial charge in [-0.25, -0.2) is 4.79 Å². The topological polar surface area (TPSA) is 76.4 Å². The number of benzene rings is 1. The summed E-state index contributed by atoms with van der Waals surface area (Å²) in [6.07, 6.45) is 1.50. The van der Waals surface area contributed by atoms with Crippen LogP contribution in [0.1, 0.15) is 36.0 Å². The number of methoxy groups -OCH3 is 1. The van der Waals surface area contributed by atoms with E-state index in [0.717, 1.165) is 0 Å². The van der Waals surface area contributed by atoms with Gasteiger partial charge in [0.25, 0.3) is 0 Å². The van der Waals surface area contributed by atoms with Crippen molar-refractivity contribution in [2.45, 2.75) is 20.8 Å². The number of carbonyl (C=O) groups is 2. The van der Waals surface area contributed by atoms with Crippen LogP contribution in [0.2, 0.25) is 0 Å². The Morgan fingerprint density at radius 3 is 2.46 bits per heavy atom. The van der Waals surface area contributed by atoms with Crippen molar-refractivity contribution in [3.05, 3.63) is 51.7 Å². The summed E-state index contributed by atoms with van der Waals surface area (Å²) in [6.45, 7) is 5.27. The molecule has 0 fully saturated rings. The number of esters is 1. The zero-order valence-electron chi connectivity index (χ0n) is 15.0. The van der Waals surface area contributed by atoms with E-state index in [4.69, 9.17) is 9.47 Å². The molecule has 5 nitrogen and oxygen atoms in total. The smallest absolute Gasteiger partial charge is 0.353 e. The summed E-state index contributed by atoms with van der Waals surface area (Å²) in [4.78, 5) is 24.9. The molecule has 0 aliphatic rings. The summed E-state index contributed by atoms with van der Waals surface area (Å²) < 4.78 is 10.6. The van der Waals surface area contributed by atoms with Crippen molar-refractivity contribution in [2.24, 2.45) is 5.41 Å². The van der Waals surface area contributed by atoms with E-state index in [0.29, 0.717) is 16.2 Å². The number of Topliss-reactive ketones (excluding diaryl/α,β-unsaturated/α-hetero) is 1. The minimum absolute atomic E-state index is 0.0582. The molecule has 0 radical (unpaired) electrons. The Kier molecular flexibility index (Phi) is 5.96. The summed E-state index contributed by atoms with van der Waals surface area (Å²) in [5.74, 6) is -0.109. The molecule has 1 aromatic heterocycles. The van der Waals surface area contributed by atoms with Crippen molar-refractivity contribution in [1.29, 1.82) is 5.26 Å². The minimum Gasteiger partial charge on any atom is -0.493 e. The highest BCUT2D eigenvalue weighted by Gasteiger charge is 2.25. The molecule has 0 saturated heterocycles. The van der Waals surface area contributed by atoms with Crippen molar-refractivity contribution in [2.75, 3.05) is 7.11 Å². The van der Waals surface area contributed by atoms with Crippen LogP contribution in [0.25, 0.3) is 6.08 Å². The molecule has 0 spiro atoms. The molecule has 2 aromatic rings. The second-order valence-electron chi connectivity index (χ2n) is 6.53. The predicted octanol–water partition coefficient (Wildman–Crippen LogP) is 4.50. The van der Waals surface area contributed by atoms with Gasteiger partial charge in [0.15, 0.2) is 17.3 Å². The second-order valence-corrected chi connectivity index (χ2v) is 7.47. The van der Waals surface area contributed by atoms with E-state index >= 15 is 0 Å². The molecule has 0 bridgehead atoms. The molecule has 0 unspecified atom stereocenters. The van der Waals surface area contributed by atoms with Gasteiger partial charge < -0.3 is 9.47 Å². The number of hydrogen-bond donors (Lipinski definition) is 0. The average Bonchev–Trinajstić information content (AvgIpc) is 3.14. The van der Waals surface area contributed by atoms with E-state index in [1.54, 1.807) is 56.5 Å². The third-order valence-corrected chi connectivity index (χ3v) is 4.32. The Bertz CT molecular complexity index is 884. The lowest BCUT2D eigenvalue weighted by Crippen LogP contribution is -2.21. The van der Waals surface area contributed by atoms with Gasteiger partial charge in [-0.2, -0.15) is 5.26 Å². The average molecular weight is 369 g/mol. The van der Waals surface area contributed by atoms with Crippen molar-refractivity contribution in [1.82, 2.24) is 0 Å². The second kappa shape index (κ2) is 7.98. The normalized spacial score (nSPS) is 11.6. The van der Waals surface area contributed by atoms with Crippen LogP contribution in [0.5, 0.6) is 11.5 Å². The Balaban J connectivity index is 2.30. The first-order valence-electron chi connectivity index (χ1n) is 7.86. The molecule has 6 heteroatoms. The van der Waals surface area contributed by atoms with Crippen LogP contribution in [0.15, 0.2) is 41.3 Å². The van der Waals surface area contributed by atoms with Gasteiger partial charge in [-0.1, -0.05) is 32.9 Å². The van der Waals surface area contributed by atoms with Crippen molar-refractivity contribution < 1.29 is 19.1 Å². The van der Waals surface area contributed by atoms with Crippen LogP contribution in [0.4, 0.5) is 0 Å². The zero-order chi connectivity index (χ0) is 19.3. The summed E-state index contributed by atoms with van der Waals surface area (Å²) >= 11 is 1.29. The van der Waals surface area contributed by atoms with Crippen molar-refractivity contribution in [3.63, 3.8) is 0 Å². The first-order valence-corrected chi connectivity index (χ1v) is 8.74. The fraction of sp³-hybridized carbons (Fsp3) is 0.250. The summed E-state index contributed by atoms with van der Waals surface area (Å²) in [7, 11) is 1.46. The Labute approximate surface area is 156 Å². The molecule has 0 aliphatic heterocycles. The highest BCUT2D eigenvalue weighted by molar-refractivity contribution is 7.12. The van der Waals surface area contributed by atoms with E-state index in [1.807, 2.05) is 6.07 Å². The largest absolute Gasteiger partial charge is 0.493 e. The molecule has 0 saturated carbocycles. The molecule has 0 N–H and O–H groups in total. The molecule has 134 valence electrons. The molecule has 0 amide bonds. The standard InChI is InChI=1S/C20H19NO4S/c1-20(2,3)18(22)14(12-21)10-13-7-8-15(16(11-13)24-4)25-19(23)17-6-5-9-26-17/h5-11H,1-4H3/b14-10+. The van der Waals surface area contributed by atoms with Gasteiger partial charge in [-0.3, -0.25) is 4.79 Å². The highest BCUT2D eigenvalue weighted by Crippen LogP contribution is 2.30. The highest BCUT2D eigenvalue weighted by atomic mass is 32.1. The number of nitriles is 1. The van der Waals surface area contributed by atoms with Gasteiger partial charge in [-0.15, -0.1) is 11.3 Å². The van der Waals surface area contributed by atoms with Gasteiger partial charge in [0, 0.05) is 5.41 Å². The monoisotopic (exact) mass is 369 g/mol. The third kappa shape index (κ3) is 4.58. The Morgan fingerprint density at radius 1 is 1.19 bits per heavy atom. The molecule has 1 heterocycles. The van der Waals surface area contributed by atoms with Gasteiger partial charge in [0.1, 0.15) is 10.9 Å². The summed E-state index contributed by atoms with van der Waals surface area (Å²) in [6, 6.07) is 10.2. The molecular formula is C20H19NO4S. The number of ketones is 1. The molecule has 1 aromatic carbocycles. The van der Waals surface area contributed by atoms with Gasteiger partial charge >= 0.3 is 5.97 Å². The van der Waals surface area contributed by atoms with E-state index in [-0.39, 0.29) is 17.1 Å². The maximum Gasteiger partial charge on any atom is 0.353 e. The van der Waals surface area contributed by atoms with Crippen LogP contribution in [-0.2, 0) is 4.79 Å². The third-order valence-electron chi connectivity index (χ3n) is 3.47. The van der Waals surface area contributed by atoms with Crippen LogP contribution in [-0.4, -0.2) is 18.9 Å². The molecule has 2 rings (SSSR count). The summed E-state index contributed by atoms with van der Waals surface area (Å²) in [5.41, 5.74) is 0.0109. The molecule has 26 heavy (non-hydrogen) atoms. The SMILES string of the molecule is COc1cc(/C=C(\C#N)C(=O)C(C)(C)C)ccc1OC(=O)c1cccs1. The fourth-order valence-corrected chi connectivity index (χ4v) is 2.72. The minimum atomic E-state index is -0.651. The van der Waals surface area contributed by atoms with Gasteiger partial charge in [0.05, 0.1) is 12.7 Å². The summed E-state index contributed by atoms with van der Waals surface area (Å²) in [5, 5.41) is 11.1. The number of nitrogens with zero attached hydrogens (tertiary/aromatic N) is 1. The van der Waals surface area contributed by atoms with E-state index < -0.39 is 11.4 Å². The maximum atomic E-state index is 12.3. The van der Waals surface area contributed by atoms with Crippen LogP contribution >= 0.6 is 11.3 Å². The lowest BCUT2D eigenvalue weighted by atomic mass is 9.86. The Hall–Kier alpha value is -2.91. The fourth-order valence-electron chi connectivity index (χ4n) is 2.12. The number of carbonyl (C=O) groups excluding carboxylic acids is 2. The van der Waals surface area contributed by atoms with Crippen molar-refractivity contribution >= 4 is 29.2 Å². The first-order chi connectivity index (χ1) is 12.3. The van der Waals surface area contributed by atoms with E-state index in [2.05, 4.69) is 0 Å². The lowest BCUT2D eigenvalue weighted by molar-refractivity contribution is -0.121. The molecular weight excluding hydrogens is 350 g/mol.